The van der Waals surface area contributed by atoms with Gasteiger partial charge in [-0.1, -0.05) is 0 Å². The zero-order valence-corrected chi connectivity index (χ0v) is 17.2. The number of rotatable bonds is 7. The Kier molecular flexibility index (Phi) is 5.84. The first-order valence-corrected chi connectivity index (χ1v) is 9.83. The molecule has 4 rings (SSSR count). The highest BCUT2D eigenvalue weighted by Crippen LogP contribution is 2.25. The lowest BCUT2D eigenvalue weighted by atomic mass is 10.1. The van der Waals surface area contributed by atoms with Crippen molar-refractivity contribution in [3.8, 4) is 11.4 Å². The van der Waals surface area contributed by atoms with Crippen molar-refractivity contribution < 1.29 is 18.7 Å². The van der Waals surface area contributed by atoms with Crippen molar-refractivity contribution in [3.05, 3.63) is 72.3 Å². The Morgan fingerprint density at radius 1 is 1.12 bits per heavy atom. The number of halogens is 1. The van der Waals surface area contributed by atoms with Gasteiger partial charge in [0.05, 0.1) is 30.7 Å². The van der Waals surface area contributed by atoms with E-state index in [-0.39, 0.29) is 18.7 Å². The van der Waals surface area contributed by atoms with Crippen molar-refractivity contribution in [1.29, 1.82) is 0 Å². The number of amides is 2. The maximum atomic E-state index is 13.2. The number of nitrogens with zero attached hydrogens (tertiary/aromatic N) is 4. The van der Waals surface area contributed by atoms with Gasteiger partial charge < -0.3 is 15.8 Å². The molecule has 2 aromatic carbocycles. The number of nitrogens with two attached hydrogens (primary N) is 1. The van der Waals surface area contributed by atoms with Crippen LogP contribution < -0.4 is 20.8 Å². The highest BCUT2D eigenvalue weighted by Gasteiger charge is 2.34. The van der Waals surface area contributed by atoms with Crippen LogP contribution in [0.25, 0.3) is 5.69 Å². The normalized spacial score (nSPS) is 15.4. The smallest absolute Gasteiger partial charge is 0.267 e. The lowest BCUT2D eigenvalue weighted by Gasteiger charge is -2.20. The summed E-state index contributed by atoms with van der Waals surface area (Å²) in [5.74, 6) is -0.728. The van der Waals surface area contributed by atoms with Crippen molar-refractivity contribution in [2.75, 3.05) is 12.1 Å². The van der Waals surface area contributed by atoms with Crippen LogP contribution in [0.2, 0.25) is 0 Å². The van der Waals surface area contributed by atoms with Gasteiger partial charge in [-0.15, -0.1) is 0 Å². The van der Waals surface area contributed by atoms with Crippen LogP contribution >= 0.6 is 0 Å². The minimum absolute atomic E-state index is 0.0544. The second-order valence-electron chi connectivity index (χ2n) is 7.12. The molecule has 0 saturated heterocycles. The van der Waals surface area contributed by atoms with Crippen LogP contribution in [0.5, 0.6) is 5.75 Å². The van der Waals surface area contributed by atoms with Crippen molar-refractivity contribution in [1.82, 2.24) is 15.1 Å². The van der Waals surface area contributed by atoms with Crippen LogP contribution in [0.1, 0.15) is 12.1 Å². The number of carbonyl (C=O) groups is 2. The minimum Gasteiger partial charge on any atom is -0.497 e. The molecule has 3 aromatic rings. The van der Waals surface area contributed by atoms with Gasteiger partial charge in [-0.05, 0) is 54.6 Å². The molecule has 1 aliphatic rings. The van der Waals surface area contributed by atoms with E-state index in [0.717, 1.165) is 11.4 Å². The molecule has 1 aromatic heterocycles. The van der Waals surface area contributed by atoms with Crippen molar-refractivity contribution in [2.24, 2.45) is 10.8 Å². The highest BCUT2D eigenvalue weighted by molar-refractivity contribution is 6.40. The quantitative estimate of drug-likeness (QED) is 0.586. The van der Waals surface area contributed by atoms with Crippen LogP contribution in [0.15, 0.2) is 65.9 Å². The van der Waals surface area contributed by atoms with E-state index in [2.05, 4.69) is 15.5 Å². The molecule has 0 radical (unpaired) electrons. The van der Waals surface area contributed by atoms with Gasteiger partial charge in [0.2, 0.25) is 5.91 Å². The van der Waals surface area contributed by atoms with Crippen molar-refractivity contribution in [3.63, 3.8) is 0 Å². The van der Waals surface area contributed by atoms with Crippen LogP contribution in [0, 0.1) is 5.82 Å². The zero-order chi connectivity index (χ0) is 22.7. The summed E-state index contributed by atoms with van der Waals surface area (Å²) in [7, 11) is 1.60. The van der Waals surface area contributed by atoms with Crippen molar-refractivity contribution in [2.45, 2.75) is 19.0 Å². The maximum Gasteiger partial charge on any atom is 0.267 e. The van der Waals surface area contributed by atoms with Gasteiger partial charge in [-0.3, -0.25) is 14.6 Å². The molecular formula is C22H21FN6O3. The molecule has 9 nitrogen and oxygen atoms in total. The molecule has 1 atom stereocenters. The minimum atomic E-state index is -0.824. The second-order valence-corrected chi connectivity index (χ2v) is 7.12. The molecule has 0 spiro atoms. The number of ether oxygens (including phenoxy) is 1. The number of hydrogen-bond acceptors (Lipinski definition) is 6. The van der Waals surface area contributed by atoms with Crippen LogP contribution in [-0.2, 0) is 16.1 Å². The van der Waals surface area contributed by atoms with E-state index in [4.69, 9.17) is 10.5 Å². The van der Waals surface area contributed by atoms with Gasteiger partial charge in [0.25, 0.3) is 5.91 Å². The monoisotopic (exact) mass is 436 g/mol. The molecule has 10 heteroatoms. The van der Waals surface area contributed by atoms with E-state index >= 15 is 0 Å². The molecule has 0 bridgehead atoms. The first kappa shape index (κ1) is 21.0. The molecule has 1 aliphatic heterocycles. The third-order valence-corrected chi connectivity index (χ3v) is 5.00. The summed E-state index contributed by atoms with van der Waals surface area (Å²) in [6, 6.07) is 13.8. The van der Waals surface area contributed by atoms with Gasteiger partial charge in [0.15, 0.2) is 0 Å². The third kappa shape index (κ3) is 4.43. The van der Waals surface area contributed by atoms with Gasteiger partial charge in [0, 0.05) is 12.6 Å². The third-order valence-electron chi connectivity index (χ3n) is 5.00. The summed E-state index contributed by atoms with van der Waals surface area (Å²) >= 11 is 0. The summed E-state index contributed by atoms with van der Waals surface area (Å²) in [6.07, 6.45) is 1.84. The molecule has 2 heterocycles. The fraction of sp³-hybridized carbons (Fsp3) is 0.182. The Morgan fingerprint density at radius 2 is 1.81 bits per heavy atom. The van der Waals surface area contributed by atoms with E-state index in [1.54, 1.807) is 24.1 Å². The van der Waals surface area contributed by atoms with Crippen molar-refractivity contribution >= 4 is 23.2 Å². The lowest BCUT2D eigenvalue weighted by Crippen LogP contribution is -2.39. The average molecular weight is 436 g/mol. The van der Waals surface area contributed by atoms with Crippen LogP contribution in [0.4, 0.5) is 10.1 Å². The SMILES string of the molecule is COc1ccc(-n2ccc(CNC(=O)C3=NN(c4ccc(F)cc4)C(C(N)=O)C3)n2)cc1. The van der Waals surface area contributed by atoms with Crippen LogP contribution in [0.3, 0.4) is 0 Å². The van der Waals surface area contributed by atoms with Crippen LogP contribution in [-0.4, -0.2) is 40.5 Å². The largest absolute Gasteiger partial charge is 0.497 e. The number of hydrazone groups is 1. The van der Waals surface area contributed by atoms with E-state index < -0.39 is 23.7 Å². The second kappa shape index (κ2) is 8.88. The molecule has 0 saturated carbocycles. The first-order chi connectivity index (χ1) is 15.4. The molecule has 2 amide bonds. The fourth-order valence-corrected chi connectivity index (χ4v) is 3.31. The summed E-state index contributed by atoms with van der Waals surface area (Å²) in [6.45, 7) is 0.179. The Balaban J connectivity index is 1.42. The Labute approximate surface area is 183 Å². The molecular weight excluding hydrogens is 415 g/mol. The Bertz CT molecular complexity index is 1160. The number of benzene rings is 2. The van der Waals surface area contributed by atoms with Gasteiger partial charge >= 0.3 is 0 Å². The number of anilines is 1. The lowest BCUT2D eigenvalue weighted by molar-refractivity contribution is -0.119. The first-order valence-electron chi connectivity index (χ1n) is 9.83. The van der Waals surface area contributed by atoms with E-state index in [0.29, 0.717) is 11.4 Å². The molecule has 32 heavy (non-hydrogen) atoms. The summed E-state index contributed by atoms with van der Waals surface area (Å²) in [4.78, 5) is 24.5. The average Bonchev–Trinajstić information content (AvgIpc) is 3.46. The molecule has 0 fully saturated rings. The van der Waals surface area contributed by atoms with Gasteiger partial charge in [0.1, 0.15) is 23.3 Å². The number of primary amides is 1. The molecule has 0 aliphatic carbocycles. The standard InChI is InChI=1S/C22H21FN6O3/c1-32-18-8-6-16(7-9-18)28-11-10-15(26-28)13-25-22(31)19-12-20(21(24)30)29(27-19)17-4-2-14(23)3-5-17/h2-11,20H,12-13H2,1H3,(H2,24,30)(H,25,31). The molecule has 164 valence electrons. The van der Waals surface area contributed by atoms with E-state index in [9.17, 15) is 14.0 Å². The number of hydrogen-bond donors (Lipinski definition) is 2. The maximum absolute atomic E-state index is 13.2. The molecule has 3 N–H and O–H groups in total. The van der Waals surface area contributed by atoms with Gasteiger partial charge in [-0.2, -0.15) is 10.2 Å². The highest BCUT2D eigenvalue weighted by atomic mass is 19.1. The topological polar surface area (TPSA) is 115 Å². The number of methoxy groups -OCH3 is 1. The number of carbonyl (C=O) groups excluding carboxylic acids is 2. The Hall–Kier alpha value is -4.21. The number of aromatic nitrogens is 2. The summed E-state index contributed by atoms with van der Waals surface area (Å²) in [5.41, 5.74) is 7.60. The zero-order valence-electron chi connectivity index (χ0n) is 17.2. The summed E-state index contributed by atoms with van der Waals surface area (Å²) < 4.78 is 20.1. The predicted molar refractivity (Wildman–Crippen MR) is 116 cm³/mol. The fourth-order valence-electron chi connectivity index (χ4n) is 3.31. The van der Waals surface area contributed by atoms with E-state index in [1.165, 1.54) is 29.3 Å². The molecule has 1 unspecified atom stereocenters. The Morgan fingerprint density at radius 3 is 2.47 bits per heavy atom. The summed E-state index contributed by atoms with van der Waals surface area (Å²) in [5, 5.41) is 12.8. The predicted octanol–water partition coefficient (Wildman–Crippen LogP) is 1.76. The van der Waals surface area contributed by atoms with Gasteiger partial charge in [-0.25, -0.2) is 9.07 Å². The van der Waals surface area contributed by atoms with E-state index in [1.807, 2.05) is 24.3 Å². The number of nitrogens with one attached hydrogen (secondary N) is 1.